The molecule has 0 saturated heterocycles. The molecule has 1 aromatic heterocycles. The zero-order valence-corrected chi connectivity index (χ0v) is 21.2. The smallest absolute Gasteiger partial charge is 0.169 e. The third-order valence-electron chi connectivity index (χ3n) is 6.29. The van der Waals surface area contributed by atoms with E-state index in [-0.39, 0.29) is 0 Å². The first-order chi connectivity index (χ1) is 13.3. The van der Waals surface area contributed by atoms with Crippen LogP contribution in [-0.2, 0) is 6.54 Å². The van der Waals surface area contributed by atoms with E-state index in [2.05, 4.69) is 95.2 Å². The topological polar surface area (TPSA) is 28.4 Å². The summed E-state index contributed by atoms with van der Waals surface area (Å²) in [5.41, 5.74) is 5.02. The van der Waals surface area contributed by atoms with Crippen molar-refractivity contribution in [3.05, 3.63) is 41.6 Å². The molecule has 3 nitrogen and oxygen atoms in total. The highest BCUT2D eigenvalue weighted by Gasteiger charge is 2.46. The van der Waals surface area contributed by atoms with Gasteiger partial charge in [0.25, 0.3) is 0 Å². The van der Waals surface area contributed by atoms with Gasteiger partial charge in [0.05, 0.1) is 5.60 Å². The Morgan fingerprint density at radius 3 is 2.03 bits per heavy atom. The predicted octanol–water partition coefficient (Wildman–Crippen LogP) is 6.51. The van der Waals surface area contributed by atoms with E-state index in [1.807, 2.05) is 19.9 Å². The van der Waals surface area contributed by atoms with Crippen LogP contribution in [0, 0.1) is 0 Å². The number of rotatable bonds is 8. The van der Waals surface area contributed by atoms with Crippen molar-refractivity contribution in [1.82, 2.24) is 9.13 Å². The summed E-state index contributed by atoms with van der Waals surface area (Å²) in [5.74, 6) is 0. The Morgan fingerprint density at radius 2 is 1.59 bits per heavy atom. The van der Waals surface area contributed by atoms with Crippen LogP contribution < -0.4 is 0 Å². The Kier molecular flexibility index (Phi) is 7.24. The van der Waals surface area contributed by atoms with E-state index in [1.165, 1.54) is 22.0 Å². The molecule has 1 aromatic carbocycles. The molecule has 162 valence electrons. The Bertz CT molecular complexity index is 832. The van der Waals surface area contributed by atoms with Gasteiger partial charge in [0.2, 0.25) is 0 Å². The fourth-order valence-electron chi connectivity index (χ4n) is 5.45. The van der Waals surface area contributed by atoms with Crippen LogP contribution in [0.3, 0.4) is 0 Å². The molecule has 0 fully saturated rings. The highest BCUT2D eigenvalue weighted by atomic mass is 28.3. The van der Waals surface area contributed by atoms with Crippen molar-refractivity contribution in [2.24, 2.45) is 0 Å². The first kappa shape index (κ1) is 23.9. The molecule has 0 aliphatic rings. The molecule has 2 aromatic rings. The molecule has 29 heavy (non-hydrogen) atoms. The molecule has 1 N–H and O–H groups in total. The van der Waals surface area contributed by atoms with Crippen LogP contribution in [0.4, 0.5) is 0 Å². The van der Waals surface area contributed by atoms with Gasteiger partial charge in [-0.25, -0.2) is 0 Å². The quantitative estimate of drug-likeness (QED) is 0.499. The van der Waals surface area contributed by atoms with Crippen LogP contribution >= 0.6 is 0 Å². The Balaban J connectivity index is 2.90. The van der Waals surface area contributed by atoms with E-state index in [9.17, 15) is 5.11 Å². The molecule has 0 spiro atoms. The molecule has 0 unspecified atom stereocenters. The lowest BCUT2D eigenvalue weighted by atomic mass is 10.0. The van der Waals surface area contributed by atoms with Crippen LogP contribution in [0.5, 0.6) is 0 Å². The van der Waals surface area contributed by atoms with E-state index < -0.39 is 13.8 Å². The molecule has 2 rings (SSSR count). The van der Waals surface area contributed by atoms with Crippen molar-refractivity contribution in [3.63, 3.8) is 0 Å². The minimum Gasteiger partial charge on any atom is -0.386 e. The first-order valence-corrected chi connectivity index (χ1v) is 13.2. The predicted molar refractivity (Wildman–Crippen MR) is 131 cm³/mol. The van der Waals surface area contributed by atoms with Gasteiger partial charge < -0.3 is 14.2 Å². The van der Waals surface area contributed by atoms with Crippen LogP contribution in [0.15, 0.2) is 30.5 Å². The molecule has 0 radical (unpaired) electrons. The standard InChI is InChI=1S/C25H42N2OSi/c1-18(2)29(19(3)4,20(5)6)27-17-22(16-26(9)10)24-21(12-11-13-23(24)27)14-15-25(7,8)28/h11-15,17-20,28H,16H2,1-10H3/b15-14+. The maximum atomic E-state index is 10.2. The third-order valence-corrected chi connectivity index (χ3v) is 13.0. The first-order valence-electron chi connectivity index (χ1n) is 11.0. The summed E-state index contributed by atoms with van der Waals surface area (Å²) >= 11 is 0. The average molecular weight is 415 g/mol. The molecule has 0 atom stereocenters. The van der Waals surface area contributed by atoms with Crippen molar-refractivity contribution in [3.8, 4) is 0 Å². The number of fused-ring (bicyclic) bond motifs is 1. The molecule has 4 heteroatoms. The fraction of sp³-hybridized carbons (Fsp3) is 0.600. The SMILES string of the molecule is CC(C)[Si](C(C)C)(C(C)C)n1cc(CN(C)C)c2c(/C=C/C(C)(C)O)cccc21. The maximum absolute atomic E-state index is 10.2. The van der Waals surface area contributed by atoms with Gasteiger partial charge in [-0.3, -0.25) is 0 Å². The van der Waals surface area contributed by atoms with Gasteiger partial charge in [0, 0.05) is 23.6 Å². The summed E-state index contributed by atoms with van der Waals surface area (Å²) in [6.07, 6.45) is 6.45. The minimum atomic E-state index is -1.86. The zero-order valence-electron chi connectivity index (χ0n) is 20.2. The molecule has 0 aliphatic heterocycles. The van der Waals surface area contributed by atoms with E-state index in [1.54, 1.807) is 0 Å². The van der Waals surface area contributed by atoms with Gasteiger partial charge in [0.1, 0.15) is 0 Å². The van der Waals surface area contributed by atoms with Crippen molar-refractivity contribution in [1.29, 1.82) is 0 Å². The summed E-state index contributed by atoms with van der Waals surface area (Å²) in [7, 11) is 2.41. The lowest BCUT2D eigenvalue weighted by Crippen LogP contribution is -2.51. The fourth-order valence-corrected chi connectivity index (χ4v) is 12.1. The summed E-state index contributed by atoms with van der Waals surface area (Å²) in [6.45, 7) is 19.1. The Labute approximate surface area is 179 Å². The molecule has 0 aliphatic carbocycles. The number of hydrogen-bond donors (Lipinski definition) is 1. The van der Waals surface area contributed by atoms with Gasteiger partial charge in [-0.05, 0) is 61.8 Å². The van der Waals surface area contributed by atoms with Gasteiger partial charge in [-0.1, -0.05) is 65.8 Å². The van der Waals surface area contributed by atoms with Gasteiger partial charge in [-0.15, -0.1) is 0 Å². The van der Waals surface area contributed by atoms with E-state index in [0.717, 1.165) is 6.54 Å². The zero-order chi connectivity index (χ0) is 22.1. The molecular weight excluding hydrogens is 372 g/mol. The van der Waals surface area contributed by atoms with Crippen LogP contribution in [0.2, 0.25) is 16.6 Å². The van der Waals surface area contributed by atoms with Crippen molar-refractivity contribution in [2.45, 2.75) is 84.2 Å². The molecule has 0 bridgehead atoms. The van der Waals surface area contributed by atoms with E-state index >= 15 is 0 Å². The van der Waals surface area contributed by atoms with Gasteiger partial charge >= 0.3 is 0 Å². The van der Waals surface area contributed by atoms with Crippen molar-refractivity contribution >= 4 is 25.2 Å². The van der Waals surface area contributed by atoms with E-state index in [0.29, 0.717) is 16.6 Å². The molecular formula is C25H42N2OSi. The highest BCUT2D eigenvalue weighted by molar-refractivity contribution is 6.82. The van der Waals surface area contributed by atoms with Crippen molar-refractivity contribution < 1.29 is 5.11 Å². The number of aromatic nitrogens is 1. The average Bonchev–Trinajstić information content (AvgIpc) is 2.90. The molecule has 0 saturated carbocycles. The van der Waals surface area contributed by atoms with Crippen LogP contribution in [0.1, 0.15) is 66.5 Å². The van der Waals surface area contributed by atoms with Crippen LogP contribution in [-0.4, -0.2) is 42.2 Å². The summed E-state index contributed by atoms with van der Waals surface area (Å²) in [6, 6.07) is 6.64. The largest absolute Gasteiger partial charge is 0.386 e. The Hall–Kier alpha value is -1.36. The second-order valence-electron chi connectivity index (χ2n) is 10.3. The molecule has 0 amide bonds. The Morgan fingerprint density at radius 1 is 1.03 bits per heavy atom. The van der Waals surface area contributed by atoms with Gasteiger partial charge in [0.15, 0.2) is 8.24 Å². The highest BCUT2D eigenvalue weighted by Crippen LogP contribution is 2.45. The summed E-state index contributed by atoms with van der Waals surface area (Å²) in [4.78, 5) is 2.25. The normalized spacial score (nSPS) is 13.9. The number of nitrogens with zero attached hydrogens (tertiary/aromatic N) is 2. The van der Waals surface area contributed by atoms with Crippen molar-refractivity contribution in [2.75, 3.05) is 14.1 Å². The molecule has 1 heterocycles. The summed E-state index contributed by atoms with van der Waals surface area (Å²) < 4.78 is 2.71. The number of benzene rings is 1. The lowest BCUT2D eigenvalue weighted by molar-refractivity contribution is 0.134. The van der Waals surface area contributed by atoms with Gasteiger partial charge in [-0.2, -0.15) is 0 Å². The third kappa shape index (κ3) is 4.70. The number of hydrogen-bond acceptors (Lipinski definition) is 2. The number of aliphatic hydroxyl groups is 1. The van der Waals surface area contributed by atoms with E-state index in [4.69, 9.17) is 0 Å². The van der Waals surface area contributed by atoms with Crippen LogP contribution in [0.25, 0.3) is 17.0 Å². The second kappa shape index (κ2) is 8.79. The summed E-state index contributed by atoms with van der Waals surface area (Å²) in [5, 5.41) is 11.6. The minimum absolute atomic E-state index is 0.640. The lowest BCUT2D eigenvalue weighted by Gasteiger charge is -2.44. The monoisotopic (exact) mass is 414 g/mol. The second-order valence-corrected chi connectivity index (χ2v) is 16.1. The maximum Gasteiger partial charge on any atom is 0.169 e.